The van der Waals surface area contributed by atoms with Crippen molar-refractivity contribution in [3.8, 4) is 0 Å². The number of hydrogen-bond acceptors (Lipinski definition) is 1. The van der Waals surface area contributed by atoms with Crippen LogP contribution in [-0.4, -0.2) is 23.9 Å². The molecule has 0 bridgehead atoms. The van der Waals surface area contributed by atoms with E-state index < -0.39 is 0 Å². The molecule has 0 saturated carbocycles. The Hall–Kier alpha value is -1.80. The summed E-state index contributed by atoms with van der Waals surface area (Å²) in [6.07, 6.45) is 5.36. The van der Waals surface area contributed by atoms with E-state index >= 15 is 0 Å². The highest BCUT2D eigenvalue weighted by Crippen LogP contribution is 2.34. The van der Waals surface area contributed by atoms with Crippen molar-refractivity contribution in [1.29, 1.82) is 0 Å². The van der Waals surface area contributed by atoms with Gasteiger partial charge >= 0.3 is 0 Å². The first-order valence-corrected chi connectivity index (χ1v) is 9.11. The third-order valence-corrected chi connectivity index (χ3v) is 4.91. The Balaban J connectivity index is 1.81. The molecule has 126 valence electrons. The molecule has 1 saturated heterocycles. The zero-order valence-electron chi connectivity index (χ0n) is 13.8. The number of nitrogens with zero attached hydrogens (tertiary/aromatic N) is 1. The summed E-state index contributed by atoms with van der Waals surface area (Å²) in [7, 11) is 0. The lowest BCUT2D eigenvalue weighted by atomic mass is 9.87. The van der Waals surface area contributed by atoms with Gasteiger partial charge in [0.25, 0.3) is 0 Å². The third-order valence-electron chi connectivity index (χ3n) is 4.65. The smallest absolute Gasteiger partial charge is 0.123 e. The summed E-state index contributed by atoms with van der Waals surface area (Å²) in [4.78, 5) is 2.45. The van der Waals surface area contributed by atoms with Crippen molar-refractivity contribution in [2.24, 2.45) is 0 Å². The number of benzene rings is 2. The number of hydrogen-bond donors (Lipinski definition) is 0. The third kappa shape index (κ3) is 4.39. The van der Waals surface area contributed by atoms with E-state index in [4.69, 9.17) is 11.6 Å². The molecule has 2 aromatic carbocycles. The molecule has 1 aliphatic heterocycles. The summed E-state index contributed by atoms with van der Waals surface area (Å²) in [6, 6.07) is 17.4. The Morgan fingerprint density at radius 2 is 1.83 bits per heavy atom. The molecular weight excluding hydrogens is 321 g/mol. The summed E-state index contributed by atoms with van der Waals surface area (Å²) in [5, 5.41) is 0. The van der Waals surface area contributed by atoms with E-state index in [2.05, 4.69) is 35.2 Å². The highest BCUT2D eigenvalue weighted by Gasteiger charge is 2.23. The van der Waals surface area contributed by atoms with E-state index in [1.165, 1.54) is 16.8 Å². The van der Waals surface area contributed by atoms with Crippen molar-refractivity contribution < 1.29 is 4.39 Å². The lowest BCUT2D eigenvalue weighted by Crippen LogP contribution is -2.32. The number of halogens is 2. The Kier molecular flexibility index (Phi) is 5.92. The van der Waals surface area contributed by atoms with Gasteiger partial charge in [-0.05, 0) is 54.5 Å². The second-order valence-corrected chi connectivity index (χ2v) is 6.70. The van der Waals surface area contributed by atoms with Gasteiger partial charge in [-0.2, -0.15) is 0 Å². The Bertz CT molecular complexity index is 666. The van der Waals surface area contributed by atoms with Gasteiger partial charge in [0.05, 0.1) is 0 Å². The van der Waals surface area contributed by atoms with Gasteiger partial charge in [-0.3, -0.25) is 0 Å². The monoisotopic (exact) mass is 343 g/mol. The predicted octanol–water partition coefficient (Wildman–Crippen LogP) is 5.68. The van der Waals surface area contributed by atoms with Crippen LogP contribution in [0.5, 0.6) is 0 Å². The minimum atomic E-state index is -0.168. The van der Waals surface area contributed by atoms with Crippen LogP contribution in [0.3, 0.4) is 0 Å². The molecule has 2 aromatic rings. The van der Waals surface area contributed by atoms with Crippen LogP contribution in [0.4, 0.5) is 4.39 Å². The van der Waals surface area contributed by atoms with Crippen LogP contribution in [0.1, 0.15) is 36.3 Å². The molecule has 0 aliphatic carbocycles. The van der Waals surface area contributed by atoms with Gasteiger partial charge in [-0.15, -0.1) is 11.6 Å². The van der Waals surface area contributed by atoms with Crippen LogP contribution in [0.15, 0.2) is 60.3 Å². The fraction of sp³-hybridized carbons (Fsp3) is 0.333. The van der Waals surface area contributed by atoms with Crippen molar-refractivity contribution in [1.82, 2.24) is 4.90 Å². The molecule has 0 N–H and O–H groups in total. The van der Waals surface area contributed by atoms with Crippen LogP contribution in [0, 0.1) is 5.82 Å². The fourth-order valence-electron chi connectivity index (χ4n) is 3.36. The molecule has 1 nitrogen and oxygen atoms in total. The van der Waals surface area contributed by atoms with Gasteiger partial charge < -0.3 is 4.90 Å². The van der Waals surface area contributed by atoms with Gasteiger partial charge in [0.1, 0.15) is 5.82 Å². The summed E-state index contributed by atoms with van der Waals surface area (Å²) < 4.78 is 13.2. The molecule has 24 heavy (non-hydrogen) atoms. The van der Waals surface area contributed by atoms with E-state index in [0.717, 1.165) is 32.4 Å². The van der Waals surface area contributed by atoms with Crippen LogP contribution >= 0.6 is 11.6 Å². The SMILES string of the molecule is Fc1ccc(C2CCN(CCCCl)C(=Cc3ccccc3)C2)cc1. The fourth-order valence-corrected chi connectivity index (χ4v) is 3.48. The molecule has 0 radical (unpaired) electrons. The zero-order chi connectivity index (χ0) is 16.8. The maximum Gasteiger partial charge on any atom is 0.123 e. The van der Waals surface area contributed by atoms with E-state index in [0.29, 0.717) is 11.8 Å². The first kappa shape index (κ1) is 17.0. The molecule has 0 aromatic heterocycles. The van der Waals surface area contributed by atoms with Crippen LogP contribution in [0.2, 0.25) is 0 Å². The number of allylic oxidation sites excluding steroid dienone is 1. The van der Waals surface area contributed by atoms with Crippen molar-refractivity contribution in [2.45, 2.75) is 25.2 Å². The van der Waals surface area contributed by atoms with Crippen molar-refractivity contribution in [3.63, 3.8) is 0 Å². The molecule has 1 unspecified atom stereocenters. The van der Waals surface area contributed by atoms with E-state index in [1.54, 1.807) is 12.1 Å². The number of piperidine rings is 1. The average Bonchev–Trinajstić information content (AvgIpc) is 2.62. The lowest BCUT2D eigenvalue weighted by Gasteiger charge is -2.36. The van der Waals surface area contributed by atoms with E-state index in [9.17, 15) is 4.39 Å². The standard InChI is InChI=1S/C21H23ClFN/c22-12-4-13-24-14-11-19(18-7-9-20(23)10-8-18)16-21(24)15-17-5-2-1-3-6-17/h1-3,5-10,15,19H,4,11-14,16H2. The maximum atomic E-state index is 13.2. The minimum absolute atomic E-state index is 0.168. The van der Waals surface area contributed by atoms with E-state index in [-0.39, 0.29) is 5.82 Å². The molecular formula is C21H23ClFN. The molecule has 0 spiro atoms. The predicted molar refractivity (Wildman–Crippen MR) is 99.7 cm³/mol. The van der Waals surface area contributed by atoms with Crippen molar-refractivity contribution in [3.05, 3.63) is 77.2 Å². The Morgan fingerprint density at radius 3 is 2.54 bits per heavy atom. The van der Waals surface area contributed by atoms with Crippen LogP contribution in [0.25, 0.3) is 6.08 Å². The Labute approximate surface area is 148 Å². The molecule has 1 fully saturated rings. The molecule has 1 aliphatic rings. The van der Waals surface area contributed by atoms with Crippen molar-refractivity contribution >= 4 is 17.7 Å². The highest BCUT2D eigenvalue weighted by atomic mass is 35.5. The number of likely N-dealkylation sites (tertiary alicyclic amines) is 1. The lowest BCUT2D eigenvalue weighted by molar-refractivity contribution is 0.276. The van der Waals surface area contributed by atoms with Gasteiger partial charge in [-0.25, -0.2) is 4.39 Å². The molecule has 1 atom stereocenters. The second-order valence-electron chi connectivity index (χ2n) is 6.32. The van der Waals surface area contributed by atoms with Gasteiger partial charge in [0.2, 0.25) is 0 Å². The van der Waals surface area contributed by atoms with Gasteiger partial charge in [-0.1, -0.05) is 42.5 Å². The summed E-state index contributed by atoms with van der Waals surface area (Å²) in [6.45, 7) is 2.02. The van der Waals surface area contributed by atoms with Crippen LogP contribution in [-0.2, 0) is 0 Å². The average molecular weight is 344 g/mol. The largest absolute Gasteiger partial charge is 0.375 e. The molecule has 3 rings (SSSR count). The topological polar surface area (TPSA) is 3.24 Å². The van der Waals surface area contributed by atoms with Crippen LogP contribution < -0.4 is 0 Å². The highest BCUT2D eigenvalue weighted by molar-refractivity contribution is 6.17. The normalized spacial score (nSPS) is 19.7. The van der Waals surface area contributed by atoms with Gasteiger partial charge in [0, 0.05) is 24.7 Å². The quantitative estimate of drug-likeness (QED) is 0.632. The summed E-state index contributed by atoms with van der Waals surface area (Å²) in [5.41, 5.74) is 3.81. The number of rotatable bonds is 5. The van der Waals surface area contributed by atoms with Crippen molar-refractivity contribution in [2.75, 3.05) is 19.0 Å². The molecule has 0 amide bonds. The van der Waals surface area contributed by atoms with E-state index in [1.807, 2.05) is 18.2 Å². The molecule has 3 heteroatoms. The first-order chi connectivity index (χ1) is 11.8. The second kappa shape index (κ2) is 8.34. The molecule has 1 heterocycles. The summed E-state index contributed by atoms with van der Waals surface area (Å²) >= 11 is 5.89. The first-order valence-electron chi connectivity index (χ1n) is 8.58. The van der Waals surface area contributed by atoms with Gasteiger partial charge in [0.15, 0.2) is 0 Å². The minimum Gasteiger partial charge on any atom is -0.375 e. The zero-order valence-corrected chi connectivity index (χ0v) is 14.6. The Morgan fingerprint density at radius 1 is 1.08 bits per heavy atom. The summed E-state index contributed by atoms with van der Waals surface area (Å²) in [5.74, 6) is 0.974. The maximum absolute atomic E-state index is 13.2. The number of alkyl halides is 1.